The van der Waals surface area contributed by atoms with Crippen LogP contribution in [-0.2, 0) is 16.1 Å². The van der Waals surface area contributed by atoms with Gasteiger partial charge in [0.15, 0.2) is 0 Å². The molecule has 0 radical (unpaired) electrons. The second-order valence-electron chi connectivity index (χ2n) is 7.93. The van der Waals surface area contributed by atoms with Crippen LogP contribution in [0.3, 0.4) is 0 Å². The van der Waals surface area contributed by atoms with Crippen LogP contribution >= 0.6 is 11.6 Å². The van der Waals surface area contributed by atoms with E-state index in [1.165, 1.54) is 6.08 Å². The average molecular weight is 409 g/mol. The third-order valence-corrected chi connectivity index (χ3v) is 4.59. The molecule has 0 aliphatic heterocycles. The van der Waals surface area contributed by atoms with E-state index in [0.717, 1.165) is 28.1 Å². The van der Waals surface area contributed by atoms with Crippen LogP contribution in [0.4, 0.5) is 0 Å². The van der Waals surface area contributed by atoms with Crippen LogP contribution in [0.2, 0.25) is 5.02 Å². The first kappa shape index (κ1) is 20.9. The lowest BCUT2D eigenvalue weighted by molar-refractivity contribution is -0.148. The van der Waals surface area contributed by atoms with Crippen LogP contribution in [0, 0.1) is 6.92 Å². The van der Waals surface area contributed by atoms with Crippen LogP contribution in [-0.4, -0.2) is 21.1 Å². The molecule has 4 nitrogen and oxygen atoms in total. The SMILES string of the molecule is Cc1c(-c2ccc(Cl)cc2)ncn1Cc1cccc(C=CC(=O)OC(C)(C)C)c1. The van der Waals surface area contributed by atoms with Crippen LogP contribution < -0.4 is 0 Å². The molecule has 0 aliphatic carbocycles. The maximum Gasteiger partial charge on any atom is 0.331 e. The Balaban J connectivity index is 1.74. The molecular weight excluding hydrogens is 384 g/mol. The van der Waals surface area contributed by atoms with Crippen molar-refractivity contribution < 1.29 is 9.53 Å². The van der Waals surface area contributed by atoms with Crippen molar-refractivity contribution in [3.05, 3.63) is 82.8 Å². The van der Waals surface area contributed by atoms with E-state index >= 15 is 0 Å². The first-order valence-corrected chi connectivity index (χ1v) is 9.87. The van der Waals surface area contributed by atoms with Crippen molar-refractivity contribution in [2.45, 2.75) is 39.8 Å². The molecule has 3 rings (SSSR count). The molecule has 0 N–H and O–H groups in total. The van der Waals surface area contributed by atoms with E-state index in [0.29, 0.717) is 11.6 Å². The number of carbonyl (C=O) groups excluding carboxylic acids is 1. The standard InChI is InChI=1S/C24H25ClN2O2/c1-17-23(20-9-11-21(25)12-10-20)26-16-27(17)15-19-7-5-6-18(14-19)8-13-22(28)29-24(2,3)4/h5-14,16H,15H2,1-4H3. The highest BCUT2D eigenvalue weighted by Crippen LogP contribution is 2.24. The molecule has 5 heteroatoms. The van der Waals surface area contributed by atoms with Crippen LogP contribution in [0.25, 0.3) is 17.3 Å². The first-order valence-electron chi connectivity index (χ1n) is 9.49. The van der Waals surface area contributed by atoms with Crippen molar-refractivity contribution in [2.24, 2.45) is 0 Å². The van der Waals surface area contributed by atoms with Crippen molar-refractivity contribution in [2.75, 3.05) is 0 Å². The molecule has 1 aromatic heterocycles. The van der Waals surface area contributed by atoms with Crippen molar-refractivity contribution in [1.29, 1.82) is 0 Å². The molecule has 0 spiro atoms. The molecule has 150 valence electrons. The van der Waals surface area contributed by atoms with Crippen molar-refractivity contribution in [1.82, 2.24) is 9.55 Å². The molecule has 0 aliphatic rings. The fourth-order valence-electron chi connectivity index (χ4n) is 2.99. The van der Waals surface area contributed by atoms with Crippen LogP contribution in [0.5, 0.6) is 0 Å². The van der Waals surface area contributed by atoms with Gasteiger partial charge >= 0.3 is 5.97 Å². The predicted octanol–water partition coefficient (Wildman–Crippen LogP) is 5.92. The maximum atomic E-state index is 11.9. The van der Waals surface area contributed by atoms with E-state index in [9.17, 15) is 4.79 Å². The summed E-state index contributed by atoms with van der Waals surface area (Å²) in [5, 5.41) is 0.710. The van der Waals surface area contributed by atoms with E-state index < -0.39 is 5.60 Å². The summed E-state index contributed by atoms with van der Waals surface area (Å²) in [7, 11) is 0. The predicted molar refractivity (Wildman–Crippen MR) is 118 cm³/mol. The van der Waals surface area contributed by atoms with Gasteiger partial charge in [0, 0.05) is 28.9 Å². The molecule has 0 unspecified atom stereocenters. The summed E-state index contributed by atoms with van der Waals surface area (Å²) in [6.07, 6.45) is 5.09. The largest absolute Gasteiger partial charge is 0.457 e. The summed E-state index contributed by atoms with van der Waals surface area (Å²) in [4.78, 5) is 16.5. The Morgan fingerprint density at radius 3 is 2.59 bits per heavy atom. The normalized spacial score (nSPS) is 11.8. The number of aromatic nitrogens is 2. The zero-order valence-electron chi connectivity index (χ0n) is 17.1. The van der Waals surface area contributed by atoms with Gasteiger partial charge in [0.25, 0.3) is 0 Å². The molecule has 29 heavy (non-hydrogen) atoms. The summed E-state index contributed by atoms with van der Waals surface area (Å²) >= 11 is 5.98. The molecule has 0 bridgehead atoms. The van der Waals surface area contributed by atoms with Gasteiger partial charge in [-0.25, -0.2) is 9.78 Å². The molecule has 0 atom stereocenters. The summed E-state index contributed by atoms with van der Waals surface area (Å²) in [6.45, 7) is 8.31. The van der Waals surface area contributed by atoms with Crippen molar-refractivity contribution in [3.63, 3.8) is 0 Å². The molecule has 3 aromatic rings. The Labute approximate surface area is 176 Å². The number of nitrogens with zero attached hydrogens (tertiary/aromatic N) is 2. The van der Waals surface area contributed by atoms with Gasteiger partial charge in [0.05, 0.1) is 12.0 Å². The molecule has 0 saturated heterocycles. The number of imidazole rings is 1. The molecular formula is C24H25ClN2O2. The van der Waals surface area contributed by atoms with Gasteiger partial charge in [-0.1, -0.05) is 41.9 Å². The minimum atomic E-state index is -0.496. The van der Waals surface area contributed by atoms with Crippen LogP contribution in [0.15, 0.2) is 60.9 Å². The van der Waals surface area contributed by atoms with Gasteiger partial charge in [-0.05, 0) is 63.1 Å². The van der Waals surface area contributed by atoms with E-state index in [2.05, 4.69) is 28.6 Å². The first-order chi connectivity index (χ1) is 13.7. The Bertz CT molecular complexity index is 1030. The number of rotatable bonds is 5. The number of benzene rings is 2. The fourth-order valence-corrected chi connectivity index (χ4v) is 3.11. The molecule has 0 saturated carbocycles. The number of halogens is 1. The minimum absolute atomic E-state index is 0.346. The zero-order chi connectivity index (χ0) is 21.0. The Hall–Kier alpha value is -2.85. The summed E-state index contributed by atoms with van der Waals surface area (Å²) < 4.78 is 7.42. The minimum Gasteiger partial charge on any atom is -0.457 e. The van der Waals surface area contributed by atoms with Crippen molar-refractivity contribution >= 4 is 23.6 Å². The quantitative estimate of drug-likeness (QED) is 0.389. The number of carbonyl (C=O) groups is 1. The summed E-state index contributed by atoms with van der Waals surface area (Å²) in [5.41, 5.74) is 4.65. The Morgan fingerprint density at radius 1 is 1.17 bits per heavy atom. The van der Waals surface area contributed by atoms with E-state index in [1.54, 1.807) is 6.08 Å². The number of hydrogen-bond acceptors (Lipinski definition) is 3. The second-order valence-corrected chi connectivity index (χ2v) is 8.36. The van der Waals surface area contributed by atoms with E-state index in [-0.39, 0.29) is 5.97 Å². The highest BCUT2D eigenvalue weighted by molar-refractivity contribution is 6.30. The zero-order valence-corrected chi connectivity index (χ0v) is 17.9. The number of ether oxygens (including phenoxy) is 1. The van der Waals surface area contributed by atoms with Gasteiger partial charge in [-0.3, -0.25) is 0 Å². The highest BCUT2D eigenvalue weighted by Gasteiger charge is 2.14. The van der Waals surface area contributed by atoms with Gasteiger partial charge in [-0.2, -0.15) is 0 Å². The summed E-state index contributed by atoms with van der Waals surface area (Å²) in [6, 6.07) is 15.8. The lowest BCUT2D eigenvalue weighted by Gasteiger charge is -2.17. The topological polar surface area (TPSA) is 44.1 Å². The monoisotopic (exact) mass is 408 g/mol. The van der Waals surface area contributed by atoms with Crippen LogP contribution in [0.1, 0.15) is 37.6 Å². The average Bonchev–Trinajstić information content (AvgIpc) is 3.00. The van der Waals surface area contributed by atoms with Crippen molar-refractivity contribution in [3.8, 4) is 11.3 Å². The van der Waals surface area contributed by atoms with E-state index in [4.69, 9.17) is 16.3 Å². The third-order valence-electron chi connectivity index (χ3n) is 4.34. The van der Waals surface area contributed by atoms with Gasteiger partial charge in [-0.15, -0.1) is 0 Å². The number of hydrogen-bond donors (Lipinski definition) is 0. The smallest absolute Gasteiger partial charge is 0.331 e. The molecule has 0 amide bonds. The molecule has 0 fully saturated rings. The van der Waals surface area contributed by atoms with Gasteiger partial charge in [0.1, 0.15) is 5.60 Å². The Kier molecular flexibility index (Phi) is 6.23. The molecule has 2 aromatic carbocycles. The van der Waals surface area contributed by atoms with Gasteiger partial charge in [0.2, 0.25) is 0 Å². The third kappa shape index (κ3) is 5.81. The highest BCUT2D eigenvalue weighted by atomic mass is 35.5. The van der Waals surface area contributed by atoms with E-state index in [1.807, 2.05) is 63.5 Å². The summed E-state index contributed by atoms with van der Waals surface area (Å²) in [5.74, 6) is -0.346. The van der Waals surface area contributed by atoms with Gasteiger partial charge < -0.3 is 9.30 Å². The fraction of sp³-hybridized carbons (Fsp3) is 0.250. The number of esters is 1. The Morgan fingerprint density at radius 2 is 1.90 bits per heavy atom. The second kappa shape index (κ2) is 8.66. The lowest BCUT2D eigenvalue weighted by atomic mass is 10.1. The lowest BCUT2D eigenvalue weighted by Crippen LogP contribution is -2.22. The maximum absolute atomic E-state index is 11.9. The molecule has 1 heterocycles.